The van der Waals surface area contributed by atoms with E-state index in [-0.39, 0.29) is 0 Å². The highest BCUT2D eigenvalue weighted by atomic mass is 32.2. The Morgan fingerprint density at radius 1 is 1.64 bits per heavy atom. The van der Waals surface area contributed by atoms with Gasteiger partial charge in [-0.25, -0.2) is 4.98 Å². The molecule has 0 fully saturated rings. The van der Waals surface area contributed by atoms with Crippen LogP contribution < -0.4 is 0 Å². The van der Waals surface area contributed by atoms with Crippen LogP contribution in [0.1, 0.15) is 5.56 Å². The first-order valence-electron chi connectivity index (χ1n) is 3.38. The molecular formula is C8H11NOS. The van der Waals surface area contributed by atoms with Gasteiger partial charge in [-0.2, -0.15) is 0 Å². The highest BCUT2D eigenvalue weighted by Crippen LogP contribution is 2.18. The molecule has 0 saturated carbocycles. The normalized spacial score (nSPS) is 10.0. The zero-order valence-corrected chi connectivity index (χ0v) is 7.52. The van der Waals surface area contributed by atoms with Crippen molar-refractivity contribution in [2.75, 3.05) is 13.0 Å². The number of hydrogen-bond acceptors (Lipinski definition) is 3. The predicted octanol–water partition coefficient (Wildman–Crippen LogP) is 2.09. The fourth-order valence-corrected chi connectivity index (χ4v) is 1.40. The van der Waals surface area contributed by atoms with Gasteiger partial charge in [0.05, 0.1) is 5.94 Å². The van der Waals surface area contributed by atoms with Crippen molar-refractivity contribution in [1.29, 1.82) is 0 Å². The van der Waals surface area contributed by atoms with E-state index in [1.54, 1.807) is 25.1 Å². The molecule has 1 heterocycles. The fraction of sp³-hybridized carbons (Fsp3) is 0.375. The molecule has 0 atom stereocenters. The summed E-state index contributed by atoms with van der Waals surface area (Å²) in [6, 6.07) is 3.98. The molecule has 0 radical (unpaired) electrons. The Morgan fingerprint density at radius 3 is 3.09 bits per heavy atom. The Labute approximate surface area is 71.0 Å². The Morgan fingerprint density at radius 2 is 2.45 bits per heavy atom. The van der Waals surface area contributed by atoms with Crippen molar-refractivity contribution in [2.24, 2.45) is 0 Å². The van der Waals surface area contributed by atoms with E-state index in [0.29, 0.717) is 5.94 Å². The molecule has 60 valence electrons. The monoisotopic (exact) mass is 169 g/mol. The lowest BCUT2D eigenvalue weighted by Crippen LogP contribution is -1.87. The van der Waals surface area contributed by atoms with Gasteiger partial charge in [-0.15, -0.1) is 0 Å². The zero-order valence-electron chi connectivity index (χ0n) is 6.70. The number of rotatable bonds is 3. The van der Waals surface area contributed by atoms with E-state index in [4.69, 9.17) is 4.74 Å². The molecule has 11 heavy (non-hydrogen) atoms. The third kappa shape index (κ3) is 2.52. The molecule has 0 aliphatic heterocycles. The van der Waals surface area contributed by atoms with Crippen molar-refractivity contribution in [1.82, 2.24) is 4.98 Å². The smallest absolute Gasteiger partial charge is 0.101 e. The standard InChI is InChI=1S/C8H11NOS/c1-7-4-3-5-9-8(7)11-6-10-2/h3-5H,6H2,1-2H3. The van der Waals surface area contributed by atoms with E-state index in [1.165, 1.54) is 5.56 Å². The van der Waals surface area contributed by atoms with Crippen LogP contribution in [0.5, 0.6) is 0 Å². The van der Waals surface area contributed by atoms with Gasteiger partial charge in [0.2, 0.25) is 0 Å². The summed E-state index contributed by atoms with van der Waals surface area (Å²) in [6.45, 7) is 2.05. The number of aromatic nitrogens is 1. The maximum Gasteiger partial charge on any atom is 0.101 e. The highest BCUT2D eigenvalue weighted by Gasteiger charge is 1.96. The minimum atomic E-state index is 0.665. The van der Waals surface area contributed by atoms with Crippen LogP contribution >= 0.6 is 11.8 Å². The molecule has 1 aromatic heterocycles. The topological polar surface area (TPSA) is 22.1 Å². The number of thioether (sulfide) groups is 1. The number of pyridine rings is 1. The summed E-state index contributed by atoms with van der Waals surface area (Å²) in [7, 11) is 1.69. The molecule has 0 bridgehead atoms. The van der Waals surface area contributed by atoms with Crippen molar-refractivity contribution in [3.05, 3.63) is 23.9 Å². The summed E-state index contributed by atoms with van der Waals surface area (Å²) in [6.07, 6.45) is 1.80. The summed E-state index contributed by atoms with van der Waals surface area (Å²) >= 11 is 1.61. The maximum absolute atomic E-state index is 4.92. The van der Waals surface area contributed by atoms with Crippen molar-refractivity contribution in [2.45, 2.75) is 11.9 Å². The Balaban J connectivity index is 2.62. The number of methoxy groups -OCH3 is 1. The predicted molar refractivity (Wildman–Crippen MR) is 46.7 cm³/mol. The van der Waals surface area contributed by atoms with Crippen LogP contribution in [0.2, 0.25) is 0 Å². The van der Waals surface area contributed by atoms with Crippen molar-refractivity contribution >= 4 is 11.8 Å². The van der Waals surface area contributed by atoms with Crippen LogP contribution in [0.3, 0.4) is 0 Å². The second-order valence-electron chi connectivity index (χ2n) is 2.18. The molecule has 1 aromatic rings. The molecule has 0 saturated heterocycles. The first kappa shape index (κ1) is 8.56. The van der Waals surface area contributed by atoms with Gasteiger partial charge in [0, 0.05) is 13.3 Å². The lowest BCUT2D eigenvalue weighted by atomic mass is 10.3. The quantitative estimate of drug-likeness (QED) is 0.511. The number of ether oxygens (including phenoxy) is 1. The summed E-state index contributed by atoms with van der Waals surface area (Å²) in [5.74, 6) is 0.665. The van der Waals surface area contributed by atoms with E-state index in [9.17, 15) is 0 Å². The lowest BCUT2D eigenvalue weighted by molar-refractivity contribution is 0.258. The summed E-state index contributed by atoms with van der Waals surface area (Å²) in [5.41, 5.74) is 1.20. The van der Waals surface area contributed by atoms with E-state index in [0.717, 1.165) is 5.03 Å². The van der Waals surface area contributed by atoms with Gasteiger partial charge in [-0.05, 0) is 18.6 Å². The molecule has 0 spiro atoms. The van der Waals surface area contributed by atoms with E-state index >= 15 is 0 Å². The largest absolute Gasteiger partial charge is 0.374 e. The summed E-state index contributed by atoms with van der Waals surface area (Å²) < 4.78 is 4.92. The van der Waals surface area contributed by atoms with E-state index in [1.807, 2.05) is 19.1 Å². The molecule has 0 aliphatic carbocycles. The van der Waals surface area contributed by atoms with E-state index in [2.05, 4.69) is 4.98 Å². The zero-order chi connectivity index (χ0) is 8.10. The Bertz CT molecular complexity index is 227. The molecule has 3 heteroatoms. The Hall–Kier alpha value is -0.540. The van der Waals surface area contributed by atoms with Crippen LogP contribution in [0.25, 0.3) is 0 Å². The third-order valence-electron chi connectivity index (χ3n) is 1.27. The van der Waals surface area contributed by atoms with Crippen molar-refractivity contribution in [3.8, 4) is 0 Å². The van der Waals surface area contributed by atoms with Crippen LogP contribution in [0.4, 0.5) is 0 Å². The summed E-state index contributed by atoms with van der Waals surface area (Å²) in [4.78, 5) is 4.20. The molecule has 0 N–H and O–H groups in total. The van der Waals surface area contributed by atoms with Gasteiger partial charge in [-0.1, -0.05) is 17.8 Å². The van der Waals surface area contributed by atoms with Gasteiger partial charge in [0.15, 0.2) is 0 Å². The van der Waals surface area contributed by atoms with Gasteiger partial charge >= 0.3 is 0 Å². The molecule has 0 aromatic carbocycles. The van der Waals surface area contributed by atoms with Crippen LogP contribution in [-0.4, -0.2) is 18.0 Å². The van der Waals surface area contributed by atoms with Gasteiger partial charge in [0.25, 0.3) is 0 Å². The number of nitrogens with zero attached hydrogens (tertiary/aromatic N) is 1. The van der Waals surface area contributed by atoms with Crippen LogP contribution in [0.15, 0.2) is 23.4 Å². The molecular weight excluding hydrogens is 158 g/mol. The minimum Gasteiger partial charge on any atom is -0.374 e. The second kappa shape index (κ2) is 4.36. The molecule has 2 nitrogen and oxygen atoms in total. The molecule has 0 aliphatic rings. The molecule has 1 rings (SSSR count). The SMILES string of the molecule is COCSc1ncccc1C. The first-order valence-corrected chi connectivity index (χ1v) is 4.36. The van der Waals surface area contributed by atoms with Crippen molar-refractivity contribution < 1.29 is 4.74 Å². The first-order chi connectivity index (χ1) is 5.34. The lowest BCUT2D eigenvalue weighted by Gasteiger charge is -2.01. The fourth-order valence-electron chi connectivity index (χ4n) is 0.737. The highest BCUT2D eigenvalue weighted by molar-refractivity contribution is 7.99. The number of hydrogen-bond donors (Lipinski definition) is 0. The van der Waals surface area contributed by atoms with Gasteiger partial charge in [-0.3, -0.25) is 0 Å². The van der Waals surface area contributed by atoms with E-state index < -0.39 is 0 Å². The van der Waals surface area contributed by atoms with Crippen LogP contribution in [0, 0.1) is 6.92 Å². The minimum absolute atomic E-state index is 0.665. The van der Waals surface area contributed by atoms with Crippen LogP contribution in [-0.2, 0) is 4.74 Å². The molecule has 0 amide bonds. The number of aryl methyl sites for hydroxylation is 1. The third-order valence-corrected chi connectivity index (χ3v) is 2.33. The summed E-state index contributed by atoms with van der Waals surface area (Å²) in [5, 5.41) is 1.05. The second-order valence-corrected chi connectivity index (χ2v) is 3.09. The average Bonchev–Trinajstić information content (AvgIpc) is 2.03. The molecule has 0 unspecified atom stereocenters. The Kier molecular flexibility index (Phi) is 3.39. The average molecular weight is 169 g/mol. The van der Waals surface area contributed by atoms with Gasteiger partial charge < -0.3 is 4.74 Å². The van der Waals surface area contributed by atoms with Gasteiger partial charge in [0.1, 0.15) is 5.03 Å². The maximum atomic E-state index is 4.92. The van der Waals surface area contributed by atoms with Crippen molar-refractivity contribution in [3.63, 3.8) is 0 Å².